The van der Waals surface area contributed by atoms with Crippen molar-refractivity contribution in [3.8, 4) is 5.75 Å². The van der Waals surface area contributed by atoms with E-state index < -0.39 is 0 Å². The van der Waals surface area contributed by atoms with Gasteiger partial charge in [-0.05, 0) is 18.1 Å². The van der Waals surface area contributed by atoms with E-state index >= 15 is 0 Å². The molecule has 2 amide bonds. The van der Waals surface area contributed by atoms with Gasteiger partial charge in [-0.25, -0.2) is 0 Å². The third kappa shape index (κ3) is 4.07. The van der Waals surface area contributed by atoms with E-state index in [2.05, 4.69) is 38.9 Å². The molecule has 1 atom stereocenters. The van der Waals surface area contributed by atoms with Crippen LogP contribution in [0.1, 0.15) is 24.0 Å². The first-order chi connectivity index (χ1) is 11.7. The summed E-state index contributed by atoms with van der Waals surface area (Å²) in [4.78, 5) is 25.5. The molecular weight excluding hydrogens is 423 g/mol. The van der Waals surface area contributed by atoms with Crippen LogP contribution in [0.5, 0.6) is 5.75 Å². The lowest BCUT2D eigenvalue weighted by Gasteiger charge is -2.29. The number of amides is 2. The Morgan fingerprint density at radius 3 is 2.88 bits per heavy atom. The lowest BCUT2D eigenvalue weighted by Crippen LogP contribution is -2.50. The first-order valence-electron chi connectivity index (χ1n) is 8.14. The molecule has 6 nitrogen and oxygen atoms in total. The number of benzene rings is 1. The van der Waals surface area contributed by atoms with Gasteiger partial charge in [0.25, 0.3) is 0 Å². The highest BCUT2D eigenvalue weighted by Gasteiger charge is 2.35. The first-order valence-corrected chi connectivity index (χ1v) is 9.66. The minimum Gasteiger partial charge on any atom is -0.491 e. The second-order valence-corrected chi connectivity index (χ2v) is 6.99. The fraction of sp³-hybridized carbons (Fsp3) is 0.529. The summed E-state index contributed by atoms with van der Waals surface area (Å²) in [7, 11) is 0. The van der Waals surface area contributed by atoms with Gasteiger partial charge in [-0.3, -0.25) is 19.8 Å². The lowest BCUT2D eigenvalue weighted by atomic mass is 10.0. The molecule has 0 radical (unpaired) electrons. The number of nitrogens with zero attached hydrogens (tertiary/aromatic N) is 1. The van der Waals surface area contributed by atoms with Crippen LogP contribution >= 0.6 is 22.6 Å². The number of carbonyl (C=O) groups excluding carboxylic acids is 2. The van der Waals surface area contributed by atoms with E-state index in [-0.39, 0.29) is 17.9 Å². The van der Waals surface area contributed by atoms with Crippen LogP contribution in [0.25, 0.3) is 0 Å². The molecule has 3 rings (SSSR count). The zero-order valence-electron chi connectivity index (χ0n) is 13.4. The lowest BCUT2D eigenvalue weighted by molar-refractivity contribution is -0.137. The van der Waals surface area contributed by atoms with Crippen molar-refractivity contribution in [2.45, 2.75) is 32.0 Å². The van der Waals surface area contributed by atoms with Crippen LogP contribution in [0.15, 0.2) is 18.2 Å². The molecule has 0 aliphatic carbocycles. The Balaban J connectivity index is 1.61. The average molecular weight is 444 g/mol. The molecule has 0 saturated carbocycles. The van der Waals surface area contributed by atoms with Gasteiger partial charge in [0, 0.05) is 29.5 Å². The molecule has 1 saturated heterocycles. The Morgan fingerprint density at radius 2 is 2.08 bits per heavy atom. The summed E-state index contributed by atoms with van der Waals surface area (Å²) < 4.78 is 12.3. The van der Waals surface area contributed by atoms with E-state index in [4.69, 9.17) is 9.47 Å². The molecule has 24 heavy (non-hydrogen) atoms. The van der Waals surface area contributed by atoms with Crippen LogP contribution in [0, 0.1) is 0 Å². The monoisotopic (exact) mass is 444 g/mol. The maximum Gasteiger partial charge on any atom is 0.243 e. The number of fused-ring (bicyclic) bond motifs is 1. The summed E-state index contributed by atoms with van der Waals surface area (Å²) >= 11 is 2.28. The van der Waals surface area contributed by atoms with Crippen LogP contribution in [-0.4, -0.2) is 47.0 Å². The Morgan fingerprint density at radius 1 is 1.21 bits per heavy atom. The summed E-state index contributed by atoms with van der Waals surface area (Å²) in [6, 6.07) is 5.77. The van der Waals surface area contributed by atoms with E-state index in [1.165, 1.54) is 5.56 Å². The molecule has 7 heteroatoms. The van der Waals surface area contributed by atoms with Gasteiger partial charge < -0.3 is 9.47 Å². The third-order valence-corrected chi connectivity index (χ3v) is 4.76. The Bertz CT molecular complexity index is 623. The van der Waals surface area contributed by atoms with E-state index in [0.717, 1.165) is 22.3 Å². The van der Waals surface area contributed by atoms with Crippen LogP contribution in [0.3, 0.4) is 0 Å². The third-order valence-electron chi connectivity index (χ3n) is 4.32. The molecule has 1 aromatic carbocycles. The number of hydrogen-bond donors (Lipinski definition) is 1. The van der Waals surface area contributed by atoms with E-state index in [1.807, 2.05) is 12.1 Å². The van der Waals surface area contributed by atoms with Gasteiger partial charge in [0.1, 0.15) is 12.4 Å². The van der Waals surface area contributed by atoms with Crippen molar-refractivity contribution in [1.29, 1.82) is 0 Å². The van der Waals surface area contributed by atoms with Crippen molar-refractivity contribution in [3.63, 3.8) is 0 Å². The van der Waals surface area contributed by atoms with Gasteiger partial charge in [-0.2, -0.15) is 0 Å². The van der Waals surface area contributed by atoms with Gasteiger partial charge in [0.15, 0.2) is 0 Å². The first kappa shape index (κ1) is 17.6. The second-order valence-electron chi connectivity index (χ2n) is 5.92. The quantitative estimate of drug-likeness (QED) is 0.300. The molecule has 0 bridgehead atoms. The van der Waals surface area contributed by atoms with Crippen LogP contribution in [-0.2, 0) is 27.4 Å². The van der Waals surface area contributed by atoms with Crippen LogP contribution < -0.4 is 10.1 Å². The zero-order chi connectivity index (χ0) is 16.9. The highest BCUT2D eigenvalue weighted by molar-refractivity contribution is 14.1. The van der Waals surface area contributed by atoms with E-state index in [0.29, 0.717) is 39.1 Å². The van der Waals surface area contributed by atoms with Crippen molar-refractivity contribution in [2.75, 3.05) is 24.2 Å². The van der Waals surface area contributed by atoms with E-state index in [9.17, 15) is 9.59 Å². The highest BCUT2D eigenvalue weighted by atomic mass is 127. The molecule has 0 spiro atoms. The molecule has 1 aromatic rings. The Kier molecular flexibility index (Phi) is 6.07. The highest BCUT2D eigenvalue weighted by Crippen LogP contribution is 2.33. The number of rotatable bonds is 7. The number of nitrogens with one attached hydrogen (secondary N) is 1. The Hall–Kier alpha value is -1.19. The normalized spacial score (nSPS) is 20.8. The Labute approximate surface area is 155 Å². The maximum absolute atomic E-state index is 12.1. The number of alkyl halides is 1. The summed E-state index contributed by atoms with van der Waals surface area (Å²) in [5, 5.41) is 2.43. The number of ether oxygens (including phenoxy) is 2. The molecule has 1 fully saturated rings. The predicted molar refractivity (Wildman–Crippen MR) is 97.1 cm³/mol. The van der Waals surface area contributed by atoms with Gasteiger partial charge in [0.2, 0.25) is 11.8 Å². The van der Waals surface area contributed by atoms with Gasteiger partial charge in [-0.15, -0.1) is 0 Å². The molecule has 0 aromatic heterocycles. The van der Waals surface area contributed by atoms with Crippen LogP contribution in [0.4, 0.5) is 0 Å². The van der Waals surface area contributed by atoms with Crippen molar-refractivity contribution in [3.05, 3.63) is 29.3 Å². The fourth-order valence-corrected chi connectivity index (χ4v) is 3.48. The minimum absolute atomic E-state index is 0.177. The predicted octanol–water partition coefficient (Wildman–Crippen LogP) is 1.64. The van der Waals surface area contributed by atoms with Gasteiger partial charge in [0.05, 0.1) is 19.3 Å². The topological polar surface area (TPSA) is 67.9 Å². The van der Waals surface area contributed by atoms with Crippen molar-refractivity contribution < 1.29 is 19.1 Å². The minimum atomic E-state index is -0.241. The molecule has 2 aliphatic heterocycles. The SMILES string of the molecule is O=C1CCC(N2Cc3cccc(OCCOCCI)c3C2)C(=O)N1. The second kappa shape index (κ2) is 8.26. The summed E-state index contributed by atoms with van der Waals surface area (Å²) in [5.41, 5.74) is 2.32. The smallest absolute Gasteiger partial charge is 0.243 e. The summed E-state index contributed by atoms with van der Waals surface area (Å²) in [6.07, 6.45) is 0.986. The standard InChI is InChI=1S/C17H21IN2O4/c18-6-7-23-8-9-24-15-3-1-2-12-10-20(11-13(12)15)14-4-5-16(21)19-17(14)22/h1-3,14H,4-11H2,(H,19,21,22). The number of halogens is 1. The van der Waals surface area contributed by atoms with Gasteiger partial charge >= 0.3 is 0 Å². The van der Waals surface area contributed by atoms with Crippen LogP contribution in [0.2, 0.25) is 0 Å². The number of hydrogen-bond acceptors (Lipinski definition) is 5. The average Bonchev–Trinajstić information content (AvgIpc) is 2.99. The molecule has 1 N–H and O–H groups in total. The summed E-state index contributed by atoms with van der Waals surface area (Å²) in [5.74, 6) is 0.498. The molecular formula is C17H21IN2O4. The zero-order valence-corrected chi connectivity index (χ0v) is 15.6. The van der Waals surface area contributed by atoms with Crippen molar-refractivity contribution >= 4 is 34.4 Å². The number of carbonyl (C=O) groups is 2. The van der Waals surface area contributed by atoms with E-state index in [1.54, 1.807) is 0 Å². The molecule has 1 unspecified atom stereocenters. The fourth-order valence-electron chi connectivity index (χ4n) is 3.17. The molecule has 2 aliphatic rings. The van der Waals surface area contributed by atoms with Crippen molar-refractivity contribution in [2.24, 2.45) is 0 Å². The number of imide groups is 1. The number of piperidine rings is 1. The maximum atomic E-state index is 12.1. The summed E-state index contributed by atoms with van der Waals surface area (Å²) in [6.45, 7) is 3.21. The molecule has 2 heterocycles. The van der Waals surface area contributed by atoms with Crippen molar-refractivity contribution in [1.82, 2.24) is 10.2 Å². The van der Waals surface area contributed by atoms with Gasteiger partial charge in [-0.1, -0.05) is 34.7 Å². The molecule has 130 valence electrons. The largest absolute Gasteiger partial charge is 0.491 e.